The molecule has 4 aromatic rings. The van der Waals surface area contributed by atoms with E-state index in [1.807, 2.05) is 6.20 Å². The van der Waals surface area contributed by atoms with Gasteiger partial charge in [0.05, 0.1) is 11.3 Å². The molecule has 6 heteroatoms. The van der Waals surface area contributed by atoms with Crippen LogP contribution in [0.15, 0.2) is 49.3 Å². The van der Waals surface area contributed by atoms with Gasteiger partial charge in [-0.05, 0) is 24.6 Å². The van der Waals surface area contributed by atoms with E-state index in [1.165, 1.54) is 33.9 Å². The van der Waals surface area contributed by atoms with Gasteiger partial charge in [0.2, 0.25) is 0 Å². The summed E-state index contributed by atoms with van der Waals surface area (Å²) in [6.07, 6.45) is 10.0. The lowest BCUT2D eigenvalue weighted by Crippen LogP contribution is -2.30. The number of aryl methyl sites for hydroxylation is 1. The number of hydrogen-bond donors (Lipinski definition) is 1. The SMILES string of the molecule is Cc1ccc2[nH]cc(CN3CCc4nc(-c5cncnc5)ncc4C3)c2c1. The third-order valence-electron chi connectivity index (χ3n) is 5.15. The molecular formula is C21H20N6. The van der Waals surface area contributed by atoms with E-state index in [1.54, 1.807) is 12.4 Å². The summed E-state index contributed by atoms with van der Waals surface area (Å²) in [5, 5.41) is 1.32. The first-order chi connectivity index (χ1) is 13.3. The van der Waals surface area contributed by atoms with Gasteiger partial charge in [0.15, 0.2) is 5.82 Å². The second-order valence-electron chi connectivity index (χ2n) is 7.12. The Bertz CT molecular complexity index is 1100. The molecule has 0 radical (unpaired) electrons. The van der Waals surface area contributed by atoms with E-state index >= 15 is 0 Å². The Hall–Kier alpha value is -3.12. The van der Waals surface area contributed by atoms with Crippen molar-refractivity contribution in [1.29, 1.82) is 0 Å². The molecule has 0 bridgehead atoms. The first kappa shape index (κ1) is 16.1. The van der Waals surface area contributed by atoms with Crippen LogP contribution in [0.2, 0.25) is 0 Å². The maximum atomic E-state index is 4.75. The van der Waals surface area contributed by atoms with Gasteiger partial charge in [0.25, 0.3) is 0 Å². The van der Waals surface area contributed by atoms with Crippen molar-refractivity contribution in [3.05, 3.63) is 71.7 Å². The molecule has 0 saturated carbocycles. The topological polar surface area (TPSA) is 70.6 Å². The molecule has 0 saturated heterocycles. The third-order valence-corrected chi connectivity index (χ3v) is 5.15. The molecular weight excluding hydrogens is 336 g/mol. The zero-order valence-corrected chi connectivity index (χ0v) is 15.2. The molecule has 6 nitrogen and oxygen atoms in total. The molecule has 0 amide bonds. The molecule has 0 aliphatic carbocycles. The Kier molecular flexibility index (Phi) is 3.90. The molecule has 134 valence electrons. The maximum absolute atomic E-state index is 4.75. The molecule has 27 heavy (non-hydrogen) atoms. The van der Waals surface area contributed by atoms with E-state index in [-0.39, 0.29) is 0 Å². The van der Waals surface area contributed by atoms with Gasteiger partial charge in [-0.1, -0.05) is 11.6 Å². The van der Waals surface area contributed by atoms with Crippen molar-refractivity contribution in [3.8, 4) is 11.4 Å². The van der Waals surface area contributed by atoms with Gasteiger partial charge in [-0.15, -0.1) is 0 Å². The number of aromatic nitrogens is 5. The quantitative estimate of drug-likeness (QED) is 0.610. The number of rotatable bonds is 3. The molecule has 1 N–H and O–H groups in total. The molecule has 0 fully saturated rings. The molecule has 0 atom stereocenters. The van der Waals surface area contributed by atoms with Crippen LogP contribution in [0.3, 0.4) is 0 Å². The summed E-state index contributed by atoms with van der Waals surface area (Å²) in [5.41, 5.74) is 7.03. The van der Waals surface area contributed by atoms with Crippen LogP contribution in [0.25, 0.3) is 22.3 Å². The molecule has 1 aliphatic heterocycles. The fourth-order valence-electron chi connectivity index (χ4n) is 3.73. The van der Waals surface area contributed by atoms with Crippen molar-refractivity contribution >= 4 is 10.9 Å². The smallest absolute Gasteiger partial charge is 0.162 e. The van der Waals surface area contributed by atoms with Crippen LogP contribution in [0, 0.1) is 6.92 Å². The number of nitrogens with one attached hydrogen (secondary N) is 1. The van der Waals surface area contributed by atoms with Gasteiger partial charge in [-0.3, -0.25) is 4.90 Å². The third kappa shape index (κ3) is 3.08. The number of nitrogens with zero attached hydrogens (tertiary/aromatic N) is 5. The van der Waals surface area contributed by atoms with Gasteiger partial charge in [-0.25, -0.2) is 19.9 Å². The number of benzene rings is 1. The van der Waals surface area contributed by atoms with Gasteiger partial charge < -0.3 is 4.98 Å². The Balaban J connectivity index is 1.37. The summed E-state index contributed by atoms with van der Waals surface area (Å²) in [6.45, 7) is 4.93. The van der Waals surface area contributed by atoms with E-state index in [0.717, 1.165) is 37.3 Å². The lowest BCUT2D eigenvalue weighted by Gasteiger charge is -2.27. The Morgan fingerprint density at radius 1 is 1.15 bits per heavy atom. The zero-order valence-electron chi connectivity index (χ0n) is 15.2. The molecule has 3 aromatic heterocycles. The van der Waals surface area contributed by atoms with Crippen molar-refractivity contribution in [1.82, 2.24) is 29.8 Å². The van der Waals surface area contributed by atoms with Gasteiger partial charge >= 0.3 is 0 Å². The second kappa shape index (κ2) is 6.55. The number of fused-ring (bicyclic) bond motifs is 2. The van der Waals surface area contributed by atoms with Crippen molar-refractivity contribution in [2.45, 2.75) is 26.4 Å². The van der Waals surface area contributed by atoms with Crippen LogP contribution in [-0.4, -0.2) is 36.4 Å². The van der Waals surface area contributed by atoms with E-state index < -0.39 is 0 Å². The Labute approximate surface area is 157 Å². The van der Waals surface area contributed by atoms with Crippen molar-refractivity contribution < 1.29 is 0 Å². The average molecular weight is 356 g/mol. The average Bonchev–Trinajstić information content (AvgIpc) is 3.10. The van der Waals surface area contributed by atoms with Crippen LogP contribution < -0.4 is 0 Å². The minimum Gasteiger partial charge on any atom is -0.361 e. The van der Waals surface area contributed by atoms with Gasteiger partial charge in [0, 0.05) is 67.3 Å². The van der Waals surface area contributed by atoms with E-state index in [9.17, 15) is 0 Å². The molecule has 4 heterocycles. The summed E-state index contributed by atoms with van der Waals surface area (Å²) in [4.78, 5) is 23.2. The minimum atomic E-state index is 0.704. The highest BCUT2D eigenvalue weighted by molar-refractivity contribution is 5.83. The number of hydrogen-bond acceptors (Lipinski definition) is 5. The zero-order chi connectivity index (χ0) is 18.2. The molecule has 0 unspecified atom stereocenters. The monoisotopic (exact) mass is 356 g/mol. The molecule has 0 spiro atoms. The predicted molar refractivity (Wildman–Crippen MR) is 104 cm³/mol. The summed E-state index contributed by atoms with van der Waals surface area (Å²) in [6, 6.07) is 6.56. The summed E-state index contributed by atoms with van der Waals surface area (Å²) in [5.74, 6) is 0.704. The Morgan fingerprint density at radius 3 is 2.93 bits per heavy atom. The molecule has 5 rings (SSSR count). The molecule has 1 aromatic carbocycles. The number of H-pyrrole nitrogens is 1. The van der Waals surface area contributed by atoms with E-state index in [4.69, 9.17) is 4.98 Å². The van der Waals surface area contributed by atoms with Crippen LogP contribution in [0.1, 0.15) is 22.4 Å². The largest absolute Gasteiger partial charge is 0.361 e. The highest BCUT2D eigenvalue weighted by Crippen LogP contribution is 2.25. The summed E-state index contributed by atoms with van der Waals surface area (Å²) >= 11 is 0. The van der Waals surface area contributed by atoms with Crippen LogP contribution in [-0.2, 0) is 19.5 Å². The lowest BCUT2D eigenvalue weighted by atomic mass is 10.1. The van der Waals surface area contributed by atoms with Crippen LogP contribution >= 0.6 is 0 Å². The Morgan fingerprint density at radius 2 is 2.04 bits per heavy atom. The maximum Gasteiger partial charge on any atom is 0.162 e. The summed E-state index contributed by atoms with van der Waals surface area (Å²) in [7, 11) is 0. The lowest BCUT2D eigenvalue weighted by molar-refractivity contribution is 0.244. The fraction of sp³-hybridized carbons (Fsp3) is 0.238. The highest BCUT2D eigenvalue weighted by atomic mass is 15.1. The predicted octanol–water partition coefficient (Wildman–Crippen LogP) is 3.28. The van der Waals surface area contributed by atoms with Crippen molar-refractivity contribution in [2.24, 2.45) is 0 Å². The standard InChI is InChI=1S/C21H20N6/c1-14-2-3-20-18(6-14)16(9-24-20)11-27-5-4-19-17(12-27)10-25-21(26-19)15-7-22-13-23-8-15/h2-3,6-10,13,24H,4-5,11-12H2,1H3. The number of aromatic amines is 1. The van der Waals surface area contributed by atoms with Gasteiger partial charge in [-0.2, -0.15) is 0 Å². The second-order valence-corrected chi connectivity index (χ2v) is 7.12. The molecule has 1 aliphatic rings. The van der Waals surface area contributed by atoms with Crippen molar-refractivity contribution in [3.63, 3.8) is 0 Å². The first-order valence-electron chi connectivity index (χ1n) is 9.15. The fourth-order valence-corrected chi connectivity index (χ4v) is 3.73. The van der Waals surface area contributed by atoms with E-state index in [0.29, 0.717) is 5.82 Å². The van der Waals surface area contributed by atoms with Crippen LogP contribution in [0.5, 0.6) is 0 Å². The van der Waals surface area contributed by atoms with E-state index in [2.05, 4.69) is 56.2 Å². The summed E-state index contributed by atoms with van der Waals surface area (Å²) < 4.78 is 0. The normalized spacial score (nSPS) is 14.4. The first-order valence-corrected chi connectivity index (χ1v) is 9.15. The van der Waals surface area contributed by atoms with Gasteiger partial charge in [0.1, 0.15) is 6.33 Å². The van der Waals surface area contributed by atoms with Crippen LogP contribution in [0.4, 0.5) is 0 Å². The minimum absolute atomic E-state index is 0.704. The van der Waals surface area contributed by atoms with Crippen molar-refractivity contribution in [2.75, 3.05) is 6.54 Å². The highest BCUT2D eigenvalue weighted by Gasteiger charge is 2.20.